The number of H-pyrrole nitrogens is 1. The molecule has 132 valence electrons. The third-order valence-electron chi connectivity index (χ3n) is 5.78. The maximum absolute atomic E-state index is 13.1. The molecule has 5 heteroatoms. The van der Waals surface area contributed by atoms with Crippen LogP contribution in [0.5, 0.6) is 0 Å². The van der Waals surface area contributed by atoms with Gasteiger partial charge in [0.25, 0.3) is 5.91 Å². The number of carbonyl (C=O) groups is 2. The SMILES string of the molecule is CC(=O)N1CC[C@@H]2[C@@H](CCCN2C(=O)c2cc3cc(C)ccc3[nH]2)C1. The zero-order chi connectivity index (χ0) is 17.6. The molecular weight excluding hydrogens is 314 g/mol. The van der Waals surface area contributed by atoms with Crippen LogP contribution in [-0.2, 0) is 4.79 Å². The molecule has 0 spiro atoms. The fraction of sp³-hybridized carbons (Fsp3) is 0.500. The monoisotopic (exact) mass is 339 g/mol. The topological polar surface area (TPSA) is 56.4 Å². The van der Waals surface area contributed by atoms with E-state index in [9.17, 15) is 9.59 Å². The number of fused-ring (bicyclic) bond motifs is 2. The first-order valence-electron chi connectivity index (χ1n) is 9.19. The second-order valence-corrected chi connectivity index (χ2v) is 7.50. The number of likely N-dealkylation sites (tertiary alicyclic amines) is 2. The van der Waals surface area contributed by atoms with Gasteiger partial charge in [0.2, 0.25) is 5.91 Å². The summed E-state index contributed by atoms with van der Waals surface area (Å²) in [4.78, 5) is 32.1. The van der Waals surface area contributed by atoms with Crippen molar-refractivity contribution in [3.8, 4) is 0 Å². The van der Waals surface area contributed by atoms with Crippen LogP contribution in [0.4, 0.5) is 0 Å². The minimum atomic E-state index is 0.0971. The lowest BCUT2D eigenvalue weighted by molar-refractivity contribution is -0.132. The molecule has 2 fully saturated rings. The number of carbonyl (C=O) groups excluding carboxylic acids is 2. The highest BCUT2D eigenvalue weighted by Crippen LogP contribution is 2.32. The lowest BCUT2D eigenvalue weighted by Gasteiger charge is -2.47. The molecule has 1 aromatic carbocycles. The molecule has 2 aliphatic heterocycles. The molecule has 0 bridgehead atoms. The van der Waals surface area contributed by atoms with E-state index in [4.69, 9.17) is 0 Å². The van der Waals surface area contributed by atoms with Crippen molar-refractivity contribution in [2.24, 2.45) is 5.92 Å². The molecular formula is C20H25N3O2. The Morgan fingerprint density at radius 3 is 2.80 bits per heavy atom. The Labute approximate surface area is 148 Å². The highest BCUT2D eigenvalue weighted by Gasteiger charge is 2.39. The molecule has 2 amide bonds. The number of aromatic nitrogens is 1. The fourth-order valence-electron chi connectivity index (χ4n) is 4.46. The number of piperidine rings is 2. The Morgan fingerprint density at radius 1 is 1.16 bits per heavy atom. The molecule has 0 saturated carbocycles. The zero-order valence-electron chi connectivity index (χ0n) is 14.9. The summed E-state index contributed by atoms with van der Waals surface area (Å²) in [7, 11) is 0. The first-order valence-corrected chi connectivity index (χ1v) is 9.19. The molecule has 2 atom stereocenters. The van der Waals surface area contributed by atoms with Crippen molar-refractivity contribution >= 4 is 22.7 Å². The summed E-state index contributed by atoms with van der Waals surface area (Å²) in [6.07, 6.45) is 3.00. The van der Waals surface area contributed by atoms with Gasteiger partial charge in [0.05, 0.1) is 0 Å². The molecule has 0 radical (unpaired) electrons. The van der Waals surface area contributed by atoms with Gasteiger partial charge in [-0.15, -0.1) is 0 Å². The van der Waals surface area contributed by atoms with E-state index in [0.717, 1.165) is 49.8 Å². The molecule has 2 saturated heterocycles. The number of hydrogen-bond donors (Lipinski definition) is 1. The van der Waals surface area contributed by atoms with Crippen molar-refractivity contribution in [1.29, 1.82) is 0 Å². The molecule has 2 aliphatic rings. The molecule has 0 aliphatic carbocycles. The van der Waals surface area contributed by atoms with Crippen LogP contribution in [0.15, 0.2) is 24.3 Å². The lowest BCUT2D eigenvalue weighted by atomic mass is 9.83. The van der Waals surface area contributed by atoms with Crippen LogP contribution >= 0.6 is 0 Å². The van der Waals surface area contributed by atoms with Crippen molar-refractivity contribution in [3.63, 3.8) is 0 Å². The van der Waals surface area contributed by atoms with E-state index >= 15 is 0 Å². The number of nitrogens with one attached hydrogen (secondary N) is 1. The van der Waals surface area contributed by atoms with E-state index in [-0.39, 0.29) is 17.9 Å². The van der Waals surface area contributed by atoms with Gasteiger partial charge in [0.15, 0.2) is 0 Å². The number of nitrogens with zero attached hydrogens (tertiary/aromatic N) is 2. The van der Waals surface area contributed by atoms with Crippen LogP contribution in [0, 0.1) is 12.8 Å². The van der Waals surface area contributed by atoms with Crippen molar-refractivity contribution in [2.75, 3.05) is 19.6 Å². The number of amides is 2. The maximum atomic E-state index is 13.1. The Kier molecular flexibility index (Phi) is 4.02. The van der Waals surface area contributed by atoms with Crippen LogP contribution in [0.2, 0.25) is 0 Å². The van der Waals surface area contributed by atoms with Crippen molar-refractivity contribution in [2.45, 2.75) is 39.2 Å². The highest BCUT2D eigenvalue weighted by molar-refractivity contribution is 5.98. The third kappa shape index (κ3) is 2.92. The lowest BCUT2D eigenvalue weighted by Crippen LogP contribution is -2.56. The second kappa shape index (κ2) is 6.21. The average molecular weight is 339 g/mol. The standard InChI is InChI=1S/C20H25N3O2/c1-13-5-6-17-16(10-13)11-18(21-17)20(25)23-8-3-4-15-12-22(14(2)24)9-7-19(15)23/h5-6,10-11,15,19,21H,3-4,7-9,12H2,1-2H3/t15-,19+/m0/s1. The number of aromatic amines is 1. The van der Waals surface area contributed by atoms with E-state index in [1.165, 1.54) is 5.56 Å². The zero-order valence-corrected chi connectivity index (χ0v) is 14.9. The van der Waals surface area contributed by atoms with Crippen molar-refractivity contribution < 1.29 is 9.59 Å². The van der Waals surface area contributed by atoms with E-state index in [1.807, 2.05) is 21.9 Å². The number of aryl methyl sites for hydroxylation is 1. The maximum Gasteiger partial charge on any atom is 0.270 e. The molecule has 25 heavy (non-hydrogen) atoms. The molecule has 3 heterocycles. The van der Waals surface area contributed by atoms with Gasteiger partial charge in [-0.1, -0.05) is 11.6 Å². The number of rotatable bonds is 1. The first kappa shape index (κ1) is 16.2. The van der Waals surface area contributed by atoms with Crippen LogP contribution in [0.3, 0.4) is 0 Å². The van der Waals surface area contributed by atoms with E-state index in [2.05, 4.69) is 24.0 Å². The first-order chi connectivity index (χ1) is 12.0. The normalized spacial score (nSPS) is 23.6. The smallest absolute Gasteiger partial charge is 0.270 e. The van der Waals surface area contributed by atoms with Crippen molar-refractivity contribution in [1.82, 2.24) is 14.8 Å². The van der Waals surface area contributed by atoms with Gasteiger partial charge in [0.1, 0.15) is 5.69 Å². The summed E-state index contributed by atoms with van der Waals surface area (Å²) in [5, 5.41) is 1.09. The minimum Gasteiger partial charge on any atom is -0.351 e. The van der Waals surface area contributed by atoms with E-state index in [1.54, 1.807) is 6.92 Å². The molecule has 1 N–H and O–H groups in total. The summed E-state index contributed by atoms with van der Waals surface area (Å²) in [6, 6.07) is 8.42. The van der Waals surface area contributed by atoms with Crippen molar-refractivity contribution in [3.05, 3.63) is 35.5 Å². The summed E-state index contributed by atoms with van der Waals surface area (Å²) in [5.74, 6) is 0.648. The van der Waals surface area contributed by atoms with Gasteiger partial charge in [0, 0.05) is 43.5 Å². The largest absolute Gasteiger partial charge is 0.351 e. The van der Waals surface area contributed by atoms with E-state index in [0.29, 0.717) is 11.6 Å². The van der Waals surface area contributed by atoms with Crippen LogP contribution in [0.25, 0.3) is 10.9 Å². The average Bonchev–Trinajstić information content (AvgIpc) is 3.03. The van der Waals surface area contributed by atoms with Gasteiger partial charge in [-0.2, -0.15) is 0 Å². The van der Waals surface area contributed by atoms with Crippen LogP contribution in [0.1, 0.15) is 42.2 Å². The fourth-order valence-corrected chi connectivity index (χ4v) is 4.46. The van der Waals surface area contributed by atoms with Gasteiger partial charge < -0.3 is 14.8 Å². The summed E-state index contributed by atoms with van der Waals surface area (Å²) >= 11 is 0. The summed E-state index contributed by atoms with van der Waals surface area (Å²) in [6.45, 7) is 6.06. The molecule has 5 nitrogen and oxygen atoms in total. The molecule has 1 aromatic heterocycles. The Morgan fingerprint density at radius 2 is 2.00 bits per heavy atom. The number of benzene rings is 1. The van der Waals surface area contributed by atoms with Gasteiger partial charge >= 0.3 is 0 Å². The van der Waals surface area contributed by atoms with Gasteiger partial charge in [-0.05, 0) is 50.3 Å². The second-order valence-electron chi connectivity index (χ2n) is 7.50. The number of hydrogen-bond acceptors (Lipinski definition) is 2. The van der Waals surface area contributed by atoms with Crippen LogP contribution in [-0.4, -0.2) is 52.3 Å². The quantitative estimate of drug-likeness (QED) is 0.868. The molecule has 4 rings (SSSR count). The summed E-state index contributed by atoms with van der Waals surface area (Å²) < 4.78 is 0. The highest BCUT2D eigenvalue weighted by atomic mass is 16.2. The summed E-state index contributed by atoms with van der Waals surface area (Å²) in [5.41, 5.74) is 2.88. The van der Waals surface area contributed by atoms with Crippen LogP contribution < -0.4 is 0 Å². The Balaban J connectivity index is 1.57. The van der Waals surface area contributed by atoms with Gasteiger partial charge in [-0.3, -0.25) is 9.59 Å². The Hall–Kier alpha value is -2.30. The van der Waals surface area contributed by atoms with E-state index < -0.39 is 0 Å². The van der Waals surface area contributed by atoms with Gasteiger partial charge in [-0.25, -0.2) is 0 Å². The minimum absolute atomic E-state index is 0.0971. The predicted octanol–water partition coefficient (Wildman–Crippen LogP) is 2.95. The molecule has 0 unspecified atom stereocenters. The third-order valence-corrected chi connectivity index (χ3v) is 5.78. The molecule has 2 aromatic rings. The predicted molar refractivity (Wildman–Crippen MR) is 97.5 cm³/mol. The Bertz CT molecular complexity index is 825.